The fourth-order valence-corrected chi connectivity index (χ4v) is 3.13. The van der Waals surface area contributed by atoms with E-state index in [4.69, 9.17) is 23.2 Å². The number of aromatic nitrogens is 5. The van der Waals surface area contributed by atoms with Gasteiger partial charge in [-0.25, -0.2) is 9.67 Å². The van der Waals surface area contributed by atoms with Crippen molar-refractivity contribution in [2.24, 2.45) is 0 Å². The highest BCUT2D eigenvalue weighted by Gasteiger charge is 2.13. The molecule has 4 rings (SSSR count). The summed E-state index contributed by atoms with van der Waals surface area (Å²) in [5, 5.41) is 9.05. The van der Waals surface area contributed by atoms with Crippen LogP contribution in [0, 0.1) is 6.92 Å². The van der Waals surface area contributed by atoms with Gasteiger partial charge in [0.15, 0.2) is 11.2 Å². The number of halogens is 2. The van der Waals surface area contributed by atoms with E-state index >= 15 is 0 Å². The van der Waals surface area contributed by atoms with Crippen LogP contribution in [0.2, 0.25) is 10.0 Å². The van der Waals surface area contributed by atoms with Crippen molar-refractivity contribution in [1.29, 1.82) is 0 Å². The van der Waals surface area contributed by atoms with Gasteiger partial charge in [0.1, 0.15) is 6.33 Å². The molecule has 2 aromatic carbocycles. The summed E-state index contributed by atoms with van der Waals surface area (Å²) in [4.78, 5) is 17.1. The van der Waals surface area contributed by atoms with Gasteiger partial charge in [-0.2, -0.15) is 0 Å². The molecule has 0 amide bonds. The molecule has 6 nitrogen and oxygen atoms in total. The zero-order chi connectivity index (χ0) is 19.0. The Labute approximate surface area is 165 Å². The predicted molar refractivity (Wildman–Crippen MR) is 105 cm³/mol. The van der Waals surface area contributed by atoms with Crippen LogP contribution in [0.15, 0.2) is 53.6 Å². The van der Waals surface area contributed by atoms with E-state index in [0.29, 0.717) is 28.8 Å². The van der Waals surface area contributed by atoms with Gasteiger partial charge in [0, 0.05) is 0 Å². The third-order valence-corrected chi connectivity index (χ3v) is 5.02. The normalized spacial score (nSPS) is 11.2. The Morgan fingerprint density at radius 3 is 2.44 bits per heavy atom. The van der Waals surface area contributed by atoms with Gasteiger partial charge in [0.05, 0.1) is 23.1 Å². The van der Waals surface area contributed by atoms with Crippen molar-refractivity contribution >= 4 is 34.4 Å². The first-order chi connectivity index (χ1) is 13.0. The quantitative estimate of drug-likeness (QED) is 0.524. The predicted octanol–water partition coefficient (Wildman–Crippen LogP) is 3.70. The molecule has 0 N–H and O–H groups in total. The summed E-state index contributed by atoms with van der Waals surface area (Å²) in [5.41, 5.74) is 3.55. The molecule has 4 aromatic rings. The Balaban J connectivity index is 1.65. The molecule has 0 saturated heterocycles. The fraction of sp³-hybridized carbons (Fsp3) is 0.158. The lowest BCUT2D eigenvalue weighted by Gasteiger charge is -2.07. The van der Waals surface area contributed by atoms with Crippen LogP contribution in [-0.4, -0.2) is 24.5 Å². The van der Waals surface area contributed by atoms with Crippen LogP contribution in [0.5, 0.6) is 0 Å². The van der Waals surface area contributed by atoms with E-state index in [1.807, 2.05) is 37.3 Å². The number of aryl methyl sites for hydroxylation is 1. The molecule has 0 bridgehead atoms. The number of nitrogens with zero attached hydrogens (tertiary/aromatic N) is 5. The molecule has 0 unspecified atom stereocenters. The average Bonchev–Trinajstić information content (AvgIpc) is 3.06. The van der Waals surface area contributed by atoms with Gasteiger partial charge in [-0.3, -0.25) is 9.36 Å². The van der Waals surface area contributed by atoms with Gasteiger partial charge in [0.25, 0.3) is 5.56 Å². The van der Waals surface area contributed by atoms with Gasteiger partial charge in [-0.05, 0) is 30.2 Å². The third kappa shape index (κ3) is 3.59. The van der Waals surface area contributed by atoms with Gasteiger partial charge in [0.2, 0.25) is 0 Å². The van der Waals surface area contributed by atoms with E-state index in [9.17, 15) is 4.79 Å². The molecule has 0 aliphatic carbocycles. The van der Waals surface area contributed by atoms with Crippen LogP contribution < -0.4 is 5.56 Å². The summed E-state index contributed by atoms with van der Waals surface area (Å²) < 4.78 is 3.11. The zero-order valence-corrected chi connectivity index (χ0v) is 15.9. The lowest BCUT2D eigenvalue weighted by molar-refractivity contribution is 0.662. The summed E-state index contributed by atoms with van der Waals surface area (Å²) in [5.74, 6) is 0. The minimum absolute atomic E-state index is 0.240. The van der Waals surface area contributed by atoms with Crippen molar-refractivity contribution in [3.05, 3.63) is 85.9 Å². The summed E-state index contributed by atoms with van der Waals surface area (Å²) in [7, 11) is 0. The van der Waals surface area contributed by atoms with Crippen molar-refractivity contribution in [2.75, 3.05) is 0 Å². The Morgan fingerprint density at radius 2 is 1.70 bits per heavy atom. The van der Waals surface area contributed by atoms with Crippen molar-refractivity contribution in [3.63, 3.8) is 0 Å². The van der Waals surface area contributed by atoms with E-state index in [1.54, 1.807) is 16.8 Å². The Kier molecular flexibility index (Phi) is 4.68. The Hall–Kier alpha value is -2.70. The van der Waals surface area contributed by atoms with Gasteiger partial charge < -0.3 is 0 Å². The third-order valence-electron chi connectivity index (χ3n) is 4.28. The van der Waals surface area contributed by atoms with E-state index in [1.165, 1.54) is 16.5 Å². The Bertz CT molecular complexity index is 1180. The highest BCUT2D eigenvalue weighted by molar-refractivity contribution is 6.42. The minimum Gasteiger partial charge on any atom is -0.293 e. The first kappa shape index (κ1) is 17.7. The van der Waals surface area contributed by atoms with Crippen molar-refractivity contribution in [3.8, 4) is 0 Å². The number of hydrogen-bond donors (Lipinski definition) is 0. The topological polar surface area (TPSA) is 65.6 Å². The van der Waals surface area contributed by atoms with Crippen molar-refractivity contribution < 1.29 is 0 Å². The second-order valence-corrected chi connectivity index (χ2v) is 7.15. The van der Waals surface area contributed by atoms with E-state index < -0.39 is 0 Å². The largest absolute Gasteiger partial charge is 0.293 e. The summed E-state index contributed by atoms with van der Waals surface area (Å²) in [6, 6.07) is 13.4. The van der Waals surface area contributed by atoms with Crippen LogP contribution in [0.3, 0.4) is 0 Å². The maximum absolute atomic E-state index is 12.7. The highest BCUT2D eigenvalue weighted by Crippen LogP contribution is 2.22. The molecule has 0 spiro atoms. The average molecular weight is 400 g/mol. The number of rotatable bonds is 4. The summed E-state index contributed by atoms with van der Waals surface area (Å²) >= 11 is 12.0. The first-order valence-corrected chi connectivity index (χ1v) is 9.05. The molecular weight excluding hydrogens is 385 g/mol. The second kappa shape index (κ2) is 7.13. The lowest BCUT2D eigenvalue weighted by Crippen LogP contribution is -2.21. The molecule has 2 heterocycles. The second-order valence-electron chi connectivity index (χ2n) is 6.33. The number of hydrogen-bond acceptors (Lipinski definition) is 4. The Morgan fingerprint density at radius 1 is 0.963 bits per heavy atom. The van der Waals surface area contributed by atoms with Crippen molar-refractivity contribution in [1.82, 2.24) is 24.5 Å². The summed E-state index contributed by atoms with van der Waals surface area (Å²) in [6.45, 7) is 2.86. The molecule has 0 atom stereocenters. The number of benzene rings is 2. The molecule has 0 aliphatic heterocycles. The monoisotopic (exact) mass is 399 g/mol. The standard InChI is InChI=1S/C19H15Cl2N5O/c1-12-2-4-13(5-3-12)10-26-18-17(23-24-26)19(27)25(11-22-18)9-14-6-7-15(20)16(21)8-14/h2-8,11H,9-10H2,1H3. The van der Waals surface area contributed by atoms with Crippen LogP contribution in [-0.2, 0) is 13.1 Å². The van der Waals surface area contributed by atoms with E-state index in [0.717, 1.165) is 11.1 Å². The highest BCUT2D eigenvalue weighted by atomic mass is 35.5. The van der Waals surface area contributed by atoms with Gasteiger partial charge >= 0.3 is 0 Å². The van der Waals surface area contributed by atoms with Crippen LogP contribution in [0.1, 0.15) is 16.7 Å². The lowest BCUT2D eigenvalue weighted by atomic mass is 10.1. The molecule has 0 saturated carbocycles. The molecule has 0 radical (unpaired) electrons. The van der Waals surface area contributed by atoms with Crippen LogP contribution >= 0.6 is 23.2 Å². The molecule has 136 valence electrons. The molecule has 27 heavy (non-hydrogen) atoms. The van der Waals surface area contributed by atoms with Gasteiger partial charge in [-0.1, -0.05) is 64.3 Å². The molecule has 2 aromatic heterocycles. The first-order valence-electron chi connectivity index (χ1n) is 8.29. The minimum atomic E-state index is -0.249. The molecule has 0 aliphatic rings. The number of fused-ring (bicyclic) bond motifs is 1. The van der Waals surface area contributed by atoms with Crippen LogP contribution in [0.4, 0.5) is 0 Å². The van der Waals surface area contributed by atoms with Crippen molar-refractivity contribution in [2.45, 2.75) is 20.0 Å². The van der Waals surface area contributed by atoms with E-state index in [-0.39, 0.29) is 11.1 Å². The smallest absolute Gasteiger partial charge is 0.283 e. The maximum atomic E-state index is 12.7. The summed E-state index contributed by atoms with van der Waals surface area (Å²) in [6.07, 6.45) is 1.50. The fourth-order valence-electron chi connectivity index (χ4n) is 2.81. The SMILES string of the molecule is Cc1ccc(Cn2nnc3c(=O)n(Cc4ccc(Cl)c(Cl)c4)cnc32)cc1. The molecule has 8 heteroatoms. The zero-order valence-electron chi connectivity index (χ0n) is 14.4. The maximum Gasteiger partial charge on any atom is 0.283 e. The molecular formula is C19H15Cl2N5O. The molecule has 0 fully saturated rings. The van der Waals surface area contributed by atoms with Gasteiger partial charge in [-0.15, -0.1) is 5.10 Å². The van der Waals surface area contributed by atoms with Crippen LogP contribution in [0.25, 0.3) is 11.2 Å². The van der Waals surface area contributed by atoms with E-state index in [2.05, 4.69) is 15.3 Å².